The molecule has 0 aromatic heterocycles. The number of rotatable bonds is 2. The molecule has 3 nitrogen and oxygen atoms in total. The lowest BCUT2D eigenvalue weighted by molar-refractivity contribution is -0.124. The molecule has 17 heavy (non-hydrogen) atoms. The number of hydrogen-bond acceptors (Lipinski definition) is 2. The molecular weight excluding hydrogens is 212 g/mol. The van der Waals surface area contributed by atoms with Gasteiger partial charge in [-0.2, -0.15) is 0 Å². The number of carbonyl (C=O) groups is 1. The van der Waals surface area contributed by atoms with Crippen LogP contribution in [0.25, 0.3) is 0 Å². The van der Waals surface area contributed by atoms with Crippen molar-refractivity contribution in [2.45, 2.75) is 70.4 Å². The highest BCUT2D eigenvalue weighted by molar-refractivity contribution is 5.82. The Hall–Kier alpha value is -0.570. The van der Waals surface area contributed by atoms with Gasteiger partial charge in [0.2, 0.25) is 5.91 Å². The van der Waals surface area contributed by atoms with Gasteiger partial charge in [-0.05, 0) is 44.6 Å². The standard InChI is InChI=1S/C14H26N2O/c1-11-5-4-6-12(9-8-11)16-14(17)13-7-2-3-10-15-13/h11-13,15H,2-10H2,1H3,(H,16,17)/t11?,12?,13-/m0/s1. The zero-order valence-corrected chi connectivity index (χ0v) is 11.0. The van der Waals surface area contributed by atoms with E-state index < -0.39 is 0 Å². The van der Waals surface area contributed by atoms with E-state index in [9.17, 15) is 4.79 Å². The van der Waals surface area contributed by atoms with E-state index in [1.54, 1.807) is 0 Å². The van der Waals surface area contributed by atoms with Gasteiger partial charge in [0.25, 0.3) is 0 Å². The van der Waals surface area contributed by atoms with Gasteiger partial charge in [0, 0.05) is 6.04 Å². The van der Waals surface area contributed by atoms with Gasteiger partial charge in [-0.25, -0.2) is 0 Å². The van der Waals surface area contributed by atoms with Crippen LogP contribution in [0, 0.1) is 5.92 Å². The third-order valence-corrected chi connectivity index (χ3v) is 4.23. The minimum Gasteiger partial charge on any atom is -0.352 e. The van der Waals surface area contributed by atoms with E-state index in [4.69, 9.17) is 0 Å². The van der Waals surface area contributed by atoms with Crippen molar-refractivity contribution in [3.63, 3.8) is 0 Å². The lowest BCUT2D eigenvalue weighted by atomic mass is 10.0. The molecule has 1 saturated carbocycles. The first-order valence-corrected chi connectivity index (χ1v) is 7.29. The molecule has 98 valence electrons. The molecule has 1 aliphatic heterocycles. The van der Waals surface area contributed by atoms with Crippen LogP contribution in [-0.4, -0.2) is 24.5 Å². The maximum atomic E-state index is 12.1. The van der Waals surface area contributed by atoms with Crippen molar-refractivity contribution < 1.29 is 4.79 Å². The summed E-state index contributed by atoms with van der Waals surface area (Å²) in [5.74, 6) is 1.08. The predicted molar refractivity (Wildman–Crippen MR) is 69.8 cm³/mol. The fraction of sp³-hybridized carbons (Fsp3) is 0.929. The van der Waals surface area contributed by atoms with E-state index in [0.717, 1.165) is 18.9 Å². The van der Waals surface area contributed by atoms with Crippen molar-refractivity contribution in [1.82, 2.24) is 10.6 Å². The second kappa shape index (κ2) is 6.39. The van der Waals surface area contributed by atoms with Gasteiger partial charge < -0.3 is 10.6 Å². The zero-order chi connectivity index (χ0) is 12.1. The Balaban J connectivity index is 1.76. The normalized spacial score (nSPS) is 35.0. The molecule has 0 radical (unpaired) electrons. The average Bonchev–Trinajstić information content (AvgIpc) is 2.56. The molecular formula is C14H26N2O. The van der Waals surface area contributed by atoms with E-state index in [0.29, 0.717) is 6.04 Å². The number of piperidine rings is 1. The average molecular weight is 238 g/mol. The molecule has 2 rings (SSSR count). The third kappa shape index (κ3) is 3.98. The molecule has 1 amide bonds. The molecule has 3 atom stereocenters. The summed E-state index contributed by atoms with van der Waals surface area (Å²) in [6.07, 6.45) is 9.61. The lowest BCUT2D eigenvalue weighted by Gasteiger charge is -2.25. The van der Waals surface area contributed by atoms with Gasteiger partial charge in [0.1, 0.15) is 0 Å². The molecule has 1 heterocycles. The summed E-state index contributed by atoms with van der Waals surface area (Å²) in [6, 6.07) is 0.501. The Bertz CT molecular complexity index is 249. The largest absolute Gasteiger partial charge is 0.352 e. The van der Waals surface area contributed by atoms with E-state index in [2.05, 4.69) is 17.6 Å². The fourth-order valence-corrected chi connectivity index (χ4v) is 3.01. The van der Waals surface area contributed by atoms with Crippen LogP contribution >= 0.6 is 0 Å². The number of carbonyl (C=O) groups excluding carboxylic acids is 1. The maximum absolute atomic E-state index is 12.1. The van der Waals surface area contributed by atoms with Crippen LogP contribution in [0.3, 0.4) is 0 Å². The molecule has 2 fully saturated rings. The van der Waals surface area contributed by atoms with Crippen molar-refractivity contribution >= 4 is 5.91 Å². The Morgan fingerprint density at radius 2 is 1.94 bits per heavy atom. The van der Waals surface area contributed by atoms with Crippen LogP contribution in [0.15, 0.2) is 0 Å². The third-order valence-electron chi connectivity index (χ3n) is 4.23. The predicted octanol–water partition coefficient (Wildman–Crippen LogP) is 2.21. The van der Waals surface area contributed by atoms with Crippen molar-refractivity contribution in [3.8, 4) is 0 Å². The molecule has 2 unspecified atom stereocenters. The smallest absolute Gasteiger partial charge is 0.237 e. The highest BCUT2D eigenvalue weighted by Crippen LogP contribution is 2.22. The quantitative estimate of drug-likeness (QED) is 0.724. The van der Waals surface area contributed by atoms with Crippen molar-refractivity contribution in [2.75, 3.05) is 6.54 Å². The Kier molecular flexibility index (Phi) is 4.84. The second-order valence-corrected chi connectivity index (χ2v) is 5.82. The van der Waals surface area contributed by atoms with Crippen LogP contribution < -0.4 is 10.6 Å². The van der Waals surface area contributed by atoms with Crippen molar-refractivity contribution in [2.24, 2.45) is 5.92 Å². The van der Waals surface area contributed by atoms with Gasteiger partial charge in [0.15, 0.2) is 0 Å². The maximum Gasteiger partial charge on any atom is 0.237 e. The molecule has 0 spiro atoms. The van der Waals surface area contributed by atoms with Crippen molar-refractivity contribution in [3.05, 3.63) is 0 Å². The summed E-state index contributed by atoms with van der Waals surface area (Å²) in [5, 5.41) is 6.57. The highest BCUT2D eigenvalue weighted by Gasteiger charge is 2.24. The van der Waals surface area contributed by atoms with Gasteiger partial charge >= 0.3 is 0 Å². The van der Waals surface area contributed by atoms with Crippen LogP contribution in [0.4, 0.5) is 0 Å². The molecule has 1 aliphatic carbocycles. The Morgan fingerprint density at radius 1 is 1.06 bits per heavy atom. The monoisotopic (exact) mass is 238 g/mol. The second-order valence-electron chi connectivity index (χ2n) is 5.82. The summed E-state index contributed by atoms with van der Waals surface area (Å²) in [7, 11) is 0. The molecule has 0 aromatic rings. The van der Waals surface area contributed by atoms with Crippen LogP contribution in [0.2, 0.25) is 0 Å². The van der Waals surface area contributed by atoms with E-state index >= 15 is 0 Å². The topological polar surface area (TPSA) is 41.1 Å². The summed E-state index contributed by atoms with van der Waals surface area (Å²) in [6.45, 7) is 3.33. The summed E-state index contributed by atoms with van der Waals surface area (Å²) in [4.78, 5) is 12.1. The zero-order valence-electron chi connectivity index (χ0n) is 11.0. The van der Waals surface area contributed by atoms with Gasteiger partial charge in [-0.3, -0.25) is 4.79 Å². The Labute approximate surface area is 105 Å². The van der Waals surface area contributed by atoms with E-state index in [1.807, 2.05) is 0 Å². The Morgan fingerprint density at radius 3 is 2.71 bits per heavy atom. The fourth-order valence-electron chi connectivity index (χ4n) is 3.01. The van der Waals surface area contributed by atoms with Crippen LogP contribution in [0.5, 0.6) is 0 Å². The number of hydrogen-bond donors (Lipinski definition) is 2. The molecule has 0 aromatic carbocycles. The van der Waals surface area contributed by atoms with Gasteiger partial charge in [-0.1, -0.05) is 26.2 Å². The molecule has 1 saturated heterocycles. The number of nitrogens with one attached hydrogen (secondary N) is 2. The summed E-state index contributed by atoms with van der Waals surface area (Å²) < 4.78 is 0. The molecule has 0 bridgehead atoms. The van der Waals surface area contributed by atoms with E-state index in [1.165, 1.54) is 44.9 Å². The minimum atomic E-state index is 0.0735. The van der Waals surface area contributed by atoms with Crippen LogP contribution in [-0.2, 0) is 4.79 Å². The van der Waals surface area contributed by atoms with E-state index in [-0.39, 0.29) is 11.9 Å². The van der Waals surface area contributed by atoms with Crippen LogP contribution in [0.1, 0.15) is 58.3 Å². The molecule has 3 heteroatoms. The summed E-state index contributed by atoms with van der Waals surface area (Å²) in [5.41, 5.74) is 0. The van der Waals surface area contributed by atoms with Gasteiger partial charge in [0.05, 0.1) is 6.04 Å². The summed E-state index contributed by atoms with van der Waals surface area (Å²) >= 11 is 0. The van der Waals surface area contributed by atoms with Gasteiger partial charge in [-0.15, -0.1) is 0 Å². The highest BCUT2D eigenvalue weighted by atomic mass is 16.2. The number of amides is 1. The first-order chi connectivity index (χ1) is 8.25. The first-order valence-electron chi connectivity index (χ1n) is 7.29. The molecule has 2 N–H and O–H groups in total. The lowest BCUT2D eigenvalue weighted by Crippen LogP contribution is -2.49. The SMILES string of the molecule is CC1CCCC(NC(=O)[C@@H]2CCCCN2)CC1. The van der Waals surface area contributed by atoms with Crippen molar-refractivity contribution in [1.29, 1.82) is 0 Å². The first kappa shape index (κ1) is 12.9. The molecule has 2 aliphatic rings. The minimum absolute atomic E-state index is 0.0735.